The van der Waals surface area contributed by atoms with Crippen LogP contribution >= 0.6 is 24.0 Å². The van der Waals surface area contributed by atoms with Crippen LogP contribution in [0.15, 0.2) is 41.4 Å². The van der Waals surface area contributed by atoms with E-state index in [1.807, 2.05) is 24.3 Å². The zero-order valence-electron chi connectivity index (χ0n) is 20.0. The van der Waals surface area contributed by atoms with Crippen LogP contribution in [0.5, 0.6) is 23.0 Å². The third-order valence-electron chi connectivity index (χ3n) is 5.67. The second-order valence-corrected chi connectivity index (χ2v) is 7.64. The zero-order chi connectivity index (χ0) is 22.9. The number of hydrogen-bond donors (Lipinski definition) is 2. The molecule has 0 radical (unpaired) electrons. The van der Waals surface area contributed by atoms with Crippen molar-refractivity contribution in [3.63, 3.8) is 0 Å². The van der Waals surface area contributed by atoms with Gasteiger partial charge in [0, 0.05) is 45.0 Å². The SMILES string of the molecule is CN=C(NCc1cc(OC)c(OC)c(OC)c1)NCC1CCN(c2cccc(OC)c2)C1.I. The Morgan fingerprint density at radius 2 is 1.73 bits per heavy atom. The van der Waals surface area contributed by atoms with Gasteiger partial charge in [0.25, 0.3) is 0 Å². The number of nitrogens with zero attached hydrogens (tertiary/aromatic N) is 2. The third kappa shape index (κ3) is 6.96. The number of nitrogens with one attached hydrogen (secondary N) is 2. The van der Waals surface area contributed by atoms with Gasteiger partial charge in [-0.3, -0.25) is 4.99 Å². The van der Waals surface area contributed by atoms with Crippen molar-refractivity contribution >= 4 is 35.6 Å². The summed E-state index contributed by atoms with van der Waals surface area (Å²) in [5, 5.41) is 6.82. The largest absolute Gasteiger partial charge is 0.497 e. The second-order valence-electron chi connectivity index (χ2n) is 7.64. The van der Waals surface area contributed by atoms with Crippen LogP contribution in [0.25, 0.3) is 0 Å². The molecule has 2 aromatic carbocycles. The number of guanidine groups is 1. The summed E-state index contributed by atoms with van der Waals surface area (Å²) in [7, 11) is 8.31. The Balaban J connectivity index is 0.00000385. The molecule has 1 heterocycles. The first kappa shape index (κ1) is 26.7. The van der Waals surface area contributed by atoms with E-state index in [-0.39, 0.29) is 24.0 Å². The molecule has 1 fully saturated rings. The maximum absolute atomic E-state index is 5.44. The number of hydrogen-bond acceptors (Lipinski definition) is 6. The van der Waals surface area contributed by atoms with E-state index in [0.29, 0.717) is 29.7 Å². The van der Waals surface area contributed by atoms with Crippen LogP contribution in [-0.2, 0) is 6.54 Å². The minimum absolute atomic E-state index is 0. The minimum atomic E-state index is 0. The van der Waals surface area contributed by atoms with Crippen LogP contribution in [0.3, 0.4) is 0 Å². The van der Waals surface area contributed by atoms with Crippen molar-refractivity contribution in [3.8, 4) is 23.0 Å². The third-order valence-corrected chi connectivity index (χ3v) is 5.67. The van der Waals surface area contributed by atoms with Gasteiger partial charge in [-0.05, 0) is 42.2 Å². The molecule has 2 aromatic rings. The molecular formula is C24H35IN4O4. The molecule has 8 nitrogen and oxygen atoms in total. The number of halogens is 1. The van der Waals surface area contributed by atoms with Crippen molar-refractivity contribution in [1.82, 2.24) is 10.6 Å². The Bertz CT molecular complexity index is 900. The number of aliphatic imine (C=N–C) groups is 1. The number of ether oxygens (including phenoxy) is 4. The maximum Gasteiger partial charge on any atom is 0.203 e. The Labute approximate surface area is 213 Å². The first-order valence-corrected chi connectivity index (χ1v) is 10.7. The van der Waals surface area contributed by atoms with Crippen LogP contribution in [0, 0.1) is 5.92 Å². The Morgan fingerprint density at radius 1 is 1.00 bits per heavy atom. The summed E-state index contributed by atoms with van der Waals surface area (Å²) in [6.45, 7) is 3.48. The fraction of sp³-hybridized carbons (Fsp3) is 0.458. The van der Waals surface area contributed by atoms with E-state index in [1.54, 1.807) is 35.5 Å². The lowest BCUT2D eigenvalue weighted by Crippen LogP contribution is -2.39. The summed E-state index contributed by atoms with van der Waals surface area (Å²) in [5.41, 5.74) is 2.21. The predicted octanol–water partition coefficient (Wildman–Crippen LogP) is 3.53. The molecule has 33 heavy (non-hydrogen) atoms. The first-order chi connectivity index (χ1) is 15.6. The fourth-order valence-electron chi connectivity index (χ4n) is 3.93. The lowest BCUT2D eigenvalue weighted by molar-refractivity contribution is 0.323. The van der Waals surface area contributed by atoms with Crippen LogP contribution in [0.2, 0.25) is 0 Å². The first-order valence-electron chi connectivity index (χ1n) is 10.7. The highest BCUT2D eigenvalue weighted by atomic mass is 127. The second kappa shape index (κ2) is 13.2. The van der Waals surface area contributed by atoms with Gasteiger partial charge in [0.2, 0.25) is 5.75 Å². The Morgan fingerprint density at radius 3 is 2.33 bits per heavy atom. The molecule has 0 saturated carbocycles. The number of anilines is 1. The highest BCUT2D eigenvalue weighted by Crippen LogP contribution is 2.38. The van der Waals surface area contributed by atoms with Crippen molar-refractivity contribution in [2.45, 2.75) is 13.0 Å². The normalized spacial score (nSPS) is 15.5. The van der Waals surface area contributed by atoms with E-state index in [2.05, 4.69) is 32.7 Å². The average molecular weight is 570 g/mol. The molecule has 9 heteroatoms. The molecule has 3 rings (SSSR count). The van der Waals surface area contributed by atoms with Crippen LogP contribution < -0.4 is 34.5 Å². The minimum Gasteiger partial charge on any atom is -0.497 e. The topological polar surface area (TPSA) is 76.6 Å². The number of methoxy groups -OCH3 is 4. The van der Waals surface area contributed by atoms with Gasteiger partial charge in [-0.2, -0.15) is 0 Å². The van der Waals surface area contributed by atoms with Gasteiger partial charge in [-0.1, -0.05) is 6.07 Å². The number of benzene rings is 2. The maximum atomic E-state index is 5.44. The van der Waals surface area contributed by atoms with Crippen LogP contribution in [0.1, 0.15) is 12.0 Å². The summed E-state index contributed by atoms with van der Waals surface area (Å²) in [4.78, 5) is 6.76. The van der Waals surface area contributed by atoms with E-state index in [1.165, 1.54) is 5.69 Å². The highest BCUT2D eigenvalue weighted by Gasteiger charge is 2.23. The van der Waals surface area contributed by atoms with Crippen molar-refractivity contribution in [1.29, 1.82) is 0 Å². The molecule has 1 unspecified atom stereocenters. The quantitative estimate of drug-likeness (QED) is 0.272. The van der Waals surface area contributed by atoms with Crippen molar-refractivity contribution in [2.24, 2.45) is 10.9 Å². The summed E-state index contributed by atoms with van der Waals surface area (Å²) in [5.74, 6) is 4.05. The van der Waals surface area contributed by atoms with Crippen molar-refractivity contribution < 1.29 is 18.9 Å². The van der Waals surface area contributed by atoms with Gasteiger partial charge in [0.1, 0.15) is 5.75 Å². The van der Waals surface area contributed by atoms with Crippen molar-refractivity contribution in [2.75, 3.05) is 60.0 Å². The molecule has 0 aromatic heterocycles. The molecule has 1 saturated heterocycles. The lowest BCUT2D eigenvalue weighted by atomic mass is 10.1. The summed E-state index contributed by atoms with van der Waals surface area (Å²) in [6.07, 6.45) is 1.13. The van der Waals surface area contributed by atoms with E-state index in [9.17, 15) is 0 Å². The fourth-order valence-corrected chi connectivity index (χ4v) is 3.93. The van der Waals surface area contributed by atoms with E-state index in [0.717, 1.165) is 43.3 Å². The van der Waals surface area contributed by atoms with Crippen molar-refractivity contribution in [3.05, 3.63) is 42.0 Å². The van der Waals surface area contributed by atoms with Gasteiger partial charge < -0.3 is 34.5 Å². The average Bonchev–Trinajstić information content (AvgIpc) is 3.32. The summed E-state index contributed by atoms with van der Waals surface area (Å²) >= 11 is 0. The molecule has 0 bridgehead atoms. The van der Waals surface area contributed by atoms with Gasteiger partial charge in [0.15, 0.2) is 17.5 Å². The molecule has 0 spiro atoms. The molecule has 1 aliphatic rings. The Kier molecular flexibility index (Phi) is 10.7. The van der Waals surface area contributed by atoms with E-state index < -0.39 is 0 Å². The van der Waals surface area contributed by atoms with Gasteiger partial charge in [0.05, 0.1) is 28.4 Å². The number of rotatable bonds is 9. The summed E-state index contributed by atoms with van der Waals surface area (Å²) < 4.78 is 21.6. The van der Waals surface area contributed by atoms with Crippen LogP contribution in [-0.4, -0.2) is 61.1 Å². The molecule has 1 atom stereocenters. The standard InChI is InChI=1S/C24H34N4O4.HI/c1-25-24(27-15-18-11-21(30-3)23(32-5)22(12-18)31-4)26-14-17-9-10-28(16-17)19-7-6-8-20(13-19)29-2;/h6-8,11-13,17H,9-10,14-16H2,1-5H3,(H2,25,26,27);1H. The molecule has 1 aliphatic heterocycles. The van der Waals surface area contributed by atoms with Gasteiger partial charge in [-0.25, -0.2) is 0 Å². The van der Waals surface area contributed by atoms with E-state index >= 15 is 0 Å². The summed E-state index contributed by atoms with van der Waals surface area (Å²) in [6, 6.07) is 12.1. The molecule has 182 valence electrons. The Hall–Kier alpha value is -2.56. The highest BCUT2D eigenvalue weighted by molar-refractivity contribution is 14.0. The predicted molar refractivity (Wildman–Crippen MR) is 143 cm³/mol. The van der Waals surface area contributed by atoms with Crippen LogP contribution in [0.4, 0.5) is 5.69 Å². The lowest BCUT2D eigenvalue weighted by Gasteiger charge is -2.20. The van der Waals surface area contributed by atoms with Gasteiger partial charge >= 0.3 is 0 Å². The zero-order valence-corrected chi connectivity index (χ0v) is 22.3. The molecule has 0 aliphatic carbocycles. The molecular weight excluding hydrogens is 535 g/mol. The smallest absolute Gasteiger partial charge is 0.203 e. The van der Waals surface area contributed by atoms with Gasteiger partial charge in [-0.15, -0.1) is 24.0 Å². The van der Waals surface area contributed by atoms with E-state index in [4.69, 9.17) is 18.9 Å². The monoisotopic (exact) mass is 570 g/mol. The molecule has 0 amide bonds. The molecule has 2 N–H and O–H groups in total.